The molecule has 1 aromatic carbocycles. The normalized spacial score (nSPS) is 16.4. The lowest BCUT2D eigenvalue weighted by Crippen LogP contribution is -2.44. The minimum Gasteiger partial charge on any atom is -0.381 e. The molecule has 1 aromatic heterocycles. The molecule has 0 bridgehead atoms. The maximum absolute atomic E-state index is 13.4. The Balaban J connectivity index is 1.92. The highest BCUT2D eigenvalue weighted by molar-refractivity contribution is 7.89. The van der Waals surface area contributed by atoms with E-state index in [1.165, 1.54) is 4.88 Å². The molecule has 1 saturated heterocycles. The number of sulfonamides is 1. The molecular weight excluding hydrogens is 378 g/mol. The van der Waals surface area contributed by atoms with E-state index in [9.17, 15) is 8.42 Å². The van der Waals surface area contributed by atoms with Gasteiger partial charge < -0.3 is 4.74 Å². The van der Waals surface area contributed by atoms with Gasteiger partial charge in [-0.25, -0.2) is 8.42 Å². The Morgan fingerprint density at radius 3 is 2.72 bits per heavy atom. The molecule has 1 aliphatic heterocycles. The highest BCUT2D eigenvalue weighted by Gasteiger charge is 2.33. The van der Waals surface area contributed by atoms with E-state index < -0.39 is 10.0 Å². The third kappa shape index (κ3) is 4.44. The first-order valence-corrected chi connectivity index (χ1v) is 11.1. The molecule has 1 fully saturated rings. The quantitative estimate of drug-likeness (QED) is 0.733. The molecule has 0 unspecified atom stereocenters. The number of benzene rings is 1. The fraction of sp³-hybridized carbons (Fsp3) is 0.444. The van der Waals surface area contributed by atoms with Crippen LogP contribution in [0.4, 0.5) is 0 Å². The lowest BCUT2D eigenvalue weighted by Gasteiger charge is -2.33. The Morgan fingerprint density at radius 2 is 2.04 bits per heavy atom. The van der Waals surface area contributed by atoms with E-state index in [2.05, 4.69) is 0 Å². The summed E-state index contributed by atoms with van der Waals surface area (Å²) in [5.41, 5.74) is 0.720. The lowest BCUT2D eigenvalue weighted by atomic mass is 10.1. The molecule has 3 rings (SSSR count). The summed E-state index contributed by atoms with van der Waals surface area (Å²) >= 11 is 7.73. The molecule has 4 nitrogen and oxygen atoms in total. The SMILES string of the molecule is Cc1ccc(Cl)cc1S(=O)(=O)N(CCc1cccs1)C1CCOCC1. The number of rotatable bonds is 6. The summed E-state index contributed by atoms with van der Waals surface area (Å²) in [6, 6.07) is 9.05. The van der Waals surface area contributed by atoms with E-state index in [0.717, 1.165) is 18.4 Å². The monoisotopic (exact) mass is 399 g/mol. The lowest BCUT2D eigenvalue weighted by molar-refractivity contribution is 0.0587. The minimum absolute atomic E-state index is 0.0305. The van der Waals surface area contributed by atoms with Gasteiger partial charge >= 0.3 is 0 Å². The number of ether oxygens (including phenoxy) is 1. The maximum atomic E-state index is 13.4. The summed E-state index contributed by atoms with van der Waals surface area (Å²) in [4.78, 5) is 1.49. The van der Waals surface area contributed by atoms with E-state index in [1.807, 2.05) is 24.4 Å². The van der Waals surface area contributed by atoms with Crippen LogP contribution in [0.2, 0.25) is 5.02 Å². The van der Waals surface area contributed by atoms with Gasteiger partial charge in [0.25, 0.3) is 0 Å². The van der Waals surface area contributed by atoms with Crippen molar-refractivity contribution in [1.29, 1.82) is 0 Å². The molecule has 7 heteroatoms. The molecule has 0 radical (unpaired) electrons. The minimum atomic E-state index is -3.61. The Hall–Kier alpha value is -0.920. The zero-order valence-corrected chi connectivity index (χ0v) is 16.5. The van der Waals surface area contributed by atoms with Crippen molar-refractivity contribution in [3.05, 3.63) is 51.2 Å². The summed E-state index contributed by atoms with van der Waals surface area (Å²) in [5, 5.41) is 2.46. The van der Waals surface area contributed by atoms with Crippen LogP contribution < -0.4 is 0 Å². The molecular formula is C18H22ClNO3S2. The Bertz CT molecular complexity index is 800. The van der Waals surface area contributed by atoms with Gasteiger partial charge in [-0.1, -0.05) is 23.7 Å². The average molecular weight is 400 g/mol. The van der Waals surface area contributed by atoms with E-state index in [1.54, 1.807) is 33.8 Å². The third-order valence-electron chi connectivity index (χ3n) is 4.49. The Morgan fingerprint density at radius 1 is 1.28 bits per heavy atom. The molecule has 0 amide bonds. The van der Waals surface area contributed by atoms with Crippen LogP contribution in [-0.4, -0.2) is 38.5 Å². The van der Waals surface area contributed by atoms with Crippen molar-refractivity contribution in [2.24, 2.45) is 0 Å². The topological polar surface area (TPSA) is 46.6 Å². The summed E-state index contributed by atoms with van der Waals surface area (Å²) in [6.45, 7) is 3.48. The molecule has 136 valence electrons. The Kier molecular flexibility index (Phi) is 6.17. The van der Waals surface area contributed by atoms with Crippen molar-refractivity contribution in [2.45, 2.75) is 37.1 Å². The van der Waals surface area contributed by atoms with Gasteiger partial charge in [-0.2, -0.15) is 4.31 Å². The summed E-state index contributed by atoms with van der Waals surface area (Å²) in [6.07, 6.45) is 2.17. The van der Waals surface area contributed by atoms with Crippen molar-refractivity contribution in [3.63, 3.8) is 0 Å². The zero-order valence-electron chi connectivity index (χ0n) is 14.2. The van der Waals surface area contributed by atoms with Crippen LogP contribution in [0, 0.1) is 6.92 Å². The number of halogens is 1. The van der Waals surface area contributed by atoms with Crippen molar-refractivity contribution in [1.82, 2.24) is 4.31 Å². The smallest absolute Gasteiger partial charge is 0.243 e. The number of hydrogen-bond donors (Lipinski definition) is 0. The van der Waals surface area contributed by atoms with Gasteiger partial charge in [-0.3, -0.25) is 0 Å². The van der Waals surface area contributed by atoms with Gasteiger partial charge in [0.15, 0.2) is 0 Å². The molecule has 0 aliphatic carbocycles. The van der Waals surface area contributed by atoms with E-state index in [4.69, 9.17) is 16.3 Å². The van der Waals surface area contributed by atoms with Crippen molar-refractivity contribution < 1.29 is 13.2 Å². The molecule has 0 saturated carbocycles. The van der Waals surface area contributed by atoms with Crippen LogP contribution >= 0.6 is 22.9 Å². The first-order valence-electron chi connectivity index (χ1n) is 8.36. The van der Waals surface area contributed by atoms with E-state index in [0.29, 0.717) is 36.1 Å². The van der Waals surface area contributed by atoms with Gasteiger partial charge in [0.05, 0.1) is 4.90 Å². The predicted molar refractivity (Wildman–Crippen MR) is 102 cm³/mol. The van der Waals surface area contributed by atoms with Crippen LogP contribution in [0.5, 0.6) is 0 Å². The van der Waals surface area contributed by atoms with Crippen LogP contribution in [0.1, 0.15) is 23.3 Å². The maximum Gasteiger partial charge on any atom is 0.243 e. The first kappa shape index (κ1) is 18.9. The second kappa shape index (κ2) is 8.18. The number of thiophene rings is 1. The van der Waals surface area contributed by atoms with Crippen molar-refractivity contribution in [3.8, 4) is 0 Å². The van der Waals surface area contributed by atoms with Crippen LogP contribution in [-0.2, 0) is 21.2 Å². The fourth-order valence-corrected chi connectivity index (χ4v) is 6.00. The van der Waals surface area contributed by atoms with E-state index >= 15 is 0 Å². The van der Waals surface area contributed by atoms with Crippen molar-refractivity contribution >= 4 is 33.0 Å². The van der Waals surface area contributed by atoms with Crippen LogP contribution in [0.3, 0.4) is 0 Å². The highest BCUT2D eigenvalue weighted by Crippen LogP contribution is 2.28. The standard InChI is InChI=1S/C18H22ClNO3S2/c1-14-4-5-15(19)13-18(14)25(21,22)20(16-7-10-23-11-8-16)9-6-17-3-2-12-24-17/h2-5,12-13,16H,6-11H2,1H3. The number of nitrogens with zero attached hydrogens (tertiary/aromatic N) is 1. The van der Waals surface area contributed by atoms with Crippen LogP contribution in [0.25, 0.3) is 0 Å². The largest absolute Gasteiger partial charge is 0.381 e. The summed E-state index contributed by atoms with van der Waals surface area (Å²) < 4.78 is 33.9. The van der Waals surface area contributed by atoms with Gasteiger partial charge in [-0.05, 0) is 55.3 Å². The molecule has 1 aliphatic rings. The molecule has 0 N–H and O–H groups in total. The highest BCUT2D eigenvalue weighted by atomic mass is 35.5. The summed E-state index contributed by atoms with van der Waals surface area (Å²) in [7, 11) is -3.61. The Labute approximate surface area is 158 Å². The molecule has 0 spiro atoms. The van der Waals surface area contributed by atoms with Gasteiger partial charge in [0, 0.05) is 35.7 Å². The molecule has 2 heterocycles. The average Bonchev–Trinajstić information content (AvgIpc) is 3.11. The fourth-order valence-electron chi connectivity index (χ4n) is 3.13. The second-order valence-corrected chi connectivity index (χ2v) is 9.53. The predicted octanol–water partition coefficient (Wildman–Crippen LogP) is 4.12. The number of aryl methyl sites for hydroxylation is 1. The first-order chi connectivity index (χ1) is 12.0. The molecule has 0 atom stereocenters. The van der Waals surface area contributed by atoms with Gasteiger partial charge in [-0.15, -0.1) is 11.3 Å². The third-order valence-corrected chi connectivity index (χ3v) is 7.76. The van der Waals surface area contributed by atoms with Gasteiger partial charge in [0.2, 0.25) is 10.0 Å². The molecule has 2 aromatic rings. The van der Waals surface area contributed by atoms with Crippen molar-refractivity contribution in [2.75, 3.05) is 19.8 Å². The van der Waals surface area contributed by atoms with Crippen LogP contribution in [0.15, 0.2) is 40.6 Å². The van der Waals surface area contributed by atoms with E-state index in [-0.39, 0.29) is 6.04 Å². The zero-order chi connectivity index (χ0) is 17.9. The number of hydrogen-bond acceptors (Lipinski definition) is 4. The second-order valence-electron chi connectivity index (χ2n) is 6.20. The van der Waals surface area contributed by atoms with Gasteiger partial charge in [0.1, 0.15) is 0 Å². The molecule has 25 heavy (non-hydrogen) atoms. The summed E-state index contributed by atoms with van der Waals surface area (Å²) in [5.74, 6) is 0.